The van der Waals surface area contributed by atoms with Gasteiger partial charge in [0.25, 0.3) is 0 Å². The molecule has 3 rings (SSSR count). The van der Waals surface area contributed by atoms with Gasteiger partial charge in [-0.1, -0.05) is 6.07 Å². The number of hydrogen-bond acceptors (Lipinski definition) is 4. The molecule has 1 aliphatic rings. The van der Waals surface area contributed by atoms with Gasteiger partial charge in [-0.2, -0.15) is 4.31 Å². The maximum atomic E-state index is 12.7. The van der Waals surface area contributed by atoms with Crippen molar-refractivity contribution in [1.29, 1.82) is 0 Å². The molecule has 2 aromatic rings. The number of aromatic nitrogens is 3. The summed E-state index contributed by atoms with van der Waals surface area (Å²) in [5, 5.41) is 7.74. The van der Waals surface area contributed by atoms with Crippen LogP contribution in [-0.2, 0) is 29.0 Å². The minimum absolute atomic E-state index is 0.228. The number of rotatable bonds is 3. The number of fused-ring (bicyclic) bond motifs is 1. The third-order valence-electron chi connectivity index (χ3n) is 3.37. The standard InChI is InChI=1S/C12H12BrClN4O2S/c13-10-5-9(6-14)1-2-11(10)21(19,20)18-4-3-17-8-15-16-12(17)7-18/h1-2,5,8H,3-4,6-7H2. The van der Waals surface area contributed by atoms with Crippen molar-refractivity contribution in [3.63, 3.8) is 0 Å². The maximum Gasteiger partial charge on any atom is 0.244 e. The summed E-state index contributed by atoms with van der Waals surface area (Å²) >= 11 is 9.08. The Morgan fingerprint density at radius 1 is 1.33 bits per heavy atom. The van der Waals surface area contributed by atoms with E-state index in [-0.39, 0.29) is 11.4 Å². The van der Waals surface area contributed by atoms with E-state index in [4.69, 9.17) is 11.6 Å². The molecule has 0 bridgehead atoms. The van der Waals surface area contributed by atoms with Gasteiger partial charge in [-0.05, 0) is 33.6 Å². The van der Waals surface area contributed by atoms with Crippen LogP contribution in [0.2, 0.25) is 0 Å². The molecular weight excluding hydrogens is 380 g/mol. The monoisotopic (exact) mass is 390 g/mol. The molecule has 0 radical (unpaired) electrons. The molecule has 0 amide bonds. The van der Waals surface area contributed by atoms with Crippen molar-refractivity contribution in [3.05, 3.63) is 40.4 Å². The highest BCUT2D eigenvalue weighted by Gasteiger charge is 2.30. The fraction of sp³-hybridized carbons (Fsp3) is 0.333. The van der Waals surface area contributed by atoms with Gasteiger partial charge in [0.05, 0.1) is 11.4 Å². The molecule has 112 valence electrons. The lowest BCUT2D eigenvalue weighted by Gasteiger charge is -2.26. The zero-order valence-electron chi connectivity index (χ0n) is 10.9. The SMILES string of the molecule is O=S(=O)(c1ccc(CCl)cc1Br)N1CCn2cnnc2C1. The summed E-state index contributed by atoms with van der Waals surface area (Å²) in [6, 6.07) is 5.03. The van der Waals surface area contributed by atoms with Crippen molar-refractivity contribution in [3.8, 4) is 0 Å². The molecule has 9 heteroatoms. The van der Waals surface area contributed by atoms with Gasteiger partial charge >= 0.3 is 0 Å². The molecule has 1 aliphatic heterocycles. The first-order valence-electron chi connectivity index (χ1n) is 6.23. The Morgan fingerprint density at radius 3 is 2.86 bits per heavy atom. The third kappa shape index (κ3) is 2.73. The zero-order valence-corrected chi connectivity index (χ0v) is 14.1. The summed E-state index contributed by atoms with van der Waals surface area (Å²) in [5.74, 6) is 0.990. The fourth-order valence-corrected chi connectivity index (χ4v) is 4.86. The average Bonchev–Trinajstić information content (AvgIpc) is 2.94. The summed E-state index contributed by atoms with van der Waals surface area (Å²) in [6.07, 6.45) is 1.62. The number of halogens is 2. The highest BCUT2D eigenvalue weighted by atomic mass is 79.9. The lowest BCUT2D eigenvalue weighted by molar-refractivity contribution is 0.335. The van der Waals surface area contributed by atoms with Crippen LogP contribution in [0, 0.1) is 0 Å². The van der Waals surface area contributed by atoms with E-state index < -0.39 is 10.0 Å². The van der Waals surface area contributed by atoms with Gasteiger partial charge < -0.3 is 4.57 Å². The van der Waals surface area contributed by atoms with Crippen LogP contribution in [-0.4, -0.2) is 34.0 Å². The van der Waals surface area contributed by atoms with E-state index >= 15 is 0 Å². The van der Waals surface area contributed by atoms with E-state index in [9.17, 15) is 8.42 Å². The highest BCUT2D eigenvalue weighted by Crippen LogP contribution is 2.28. The van der Waals surface area contributed by atoms with Gasteiger partial charge in [-0.25, -0.2) is 8.42 Å². The lowest BCUT2D eigenvalue weighted by Crippen LogP contribution is -2.38. The molecule has 0 spiro atoms. The van der Waals surface area contributed by atoms with Crippen LogP contribution in [0.5, 0.6) is 0 Å². The number of benzene rings is 1. The first-order chi connectivity index (χ1) is 10.0. The zero-order chi connectivity index (χ0) is 15.0. The Bertz CT molecular complexity index is 777. The second kappa shape index (κ2) is 5.68. The Hall–Kier alpha value is -0.960. The lowest BCUT2D eigenvalue weighted by atomic mass is 10.2. The molecule has 0 atom stereocenters. The van der Waals surface area contributed by atoms with E-state index in [1.54, 1.807) is 24.5 Å². The molecule has 1 aromatic heterocycles. The first-order valence-corrected chi connectivity index (χ1v) is 9.00. The Labute approximate surface area is 135 Å². The quantitative estimate of drug-likeness (QED) is 0.750. The van der Waals surface area contributed by atoms with Crippen LogP contribution >= 0.6 is 27.5 Å². The molecule has 21 heavy (non-hydrogen) atoms. The summed E-state index contributed by atoms with van der Waals surface area (Å²) < 4.78 is 29.3. The Balaban J connectivity index is 1.95. The number of hydrogen-bond donors (Lipinski definition) is 0. The van der Waals surface area contributed by atoms with Gasteiger partial charge in [0.1, 0.15) is 12.2 Å². The van der Waals surface area contributed by atoms with Crippen molar-refractivity contribution < 1.29 is 8.42 Å². The summed E-state index contributed by atoms with van der Waals surface area (Å²) in [7, 11) is -3.58. The molecule has 6 nitrogen and oxygen atoms in total. The van der Waals surface area contributed by atoms with E-state index in [1.165, 1.54) is 4.31 Å². The second-order valence-electron chi connectivity index (χ2n) is 4.68. The van der Waals surface area contributed by atoms with Gasteiger partial charge in [0.2, 0.25) is 10.0 Å². The van der Waals surface area contributed by atoms with Crippen LogP contribution < -0.4 is 0 Å². The Morgan fingerprint density at radius 2 is 2.14 bits per heavy atom. The minimum Gasteiger partial charge on any atom is -0.315 e. The van der Waals surface area contributed by atoms with Crippen LogP contribution in [0.15, 0.2) is 33.9 Å². The fourth-order valence-electron chi connectivity index (χ4n) is 2.23. The molecule has 1 aromatic carbocycles. The summed E-state index contributed by atoms with van der Waals surface area (Å²) in [5.41, 5.74) is 0.862. The second-order valence-corrected chi connectivity index (χ2v) is 7.71. The molecule has 0 saturated carbocycles. The van der Waals surface area contributed by atoms with E-state index in [0.29, 0.717) is 29.3 Å². The smallest absolute Gasteiger partial charge is 0.244 e. The van der Waals surface area contributed by atoms with Crippen LogP contribution in [0.4, 0.5) is 0 Å². The van der Waals surface area contributed by atoms with Crippen molar-refractivity contribution in [2.24, 2.45) is 0 Å². The van der Waals surface area contributed by atoms with Crippen molar-refractivity contribution in [1.82, 2.24) is 19.1 Å². The minimum atomic E-state index is -3.58. The predicted molar refractivity (Wildman–Crippen MR) is 81.3 cm³/mol. The summed E-state index contributed by atoms with van der Waals surface area (Å²) in [4.78, 5) is 0.240. The largest absolute Gasteiger partial charge is 0.315 e. The summed E-state index contributed by atoms with van der Waals surface area (Å²) in [6.45, 7) is 1.18. The molecule has 0 N–H and O–H groups in total. The van der Waals surface area contributed by atoms with E-state index in [0.717, 1.165) is 5.56 Å². The third-order valence-corrected chi connectivity index (χ3v) is 6.50. The van der Waals surface area contributed by atoms with Gasteiger partial charge in [-0.15, -0.1) is 21.8 Å². The van der Waals surface area contributed by atoms with Crippen molar-refractivity contribution in [2.75, 3.05) is 6.54 Å². The Kier molecular flexibility index (Phi) is 4.04. The van der Waals surface area contributed by atoms with Crippen LogP contribution in [0.3, 0.4) is 0 Å². The van der Waals surface area contributed by atoms with Crippen molar-refractivity contribution in [2.45, 2.75) is 23.9 Å². The molecule has 2 heterocycles. The molecule has 0 saturated heterocycles. The average molecular weight is 392 g/mol. The topological polar surface area (TPSA) is 68.1 Å². The predicted octanol–water partition coefficient (Wildman–Crippen LogP) is 1.98. The maximum absolute atomic E-state index is 12.7. The van der Waals surface area contributed by atoms with Gasteiger partial charge in [-0.3, -0.25) is 0 Å². The van der Waals surface area contributed by atoms with Crippen LogP contribution in [0.1, 0.15) is 11.4 Å². The van der Waals surface area contributed by atoms with Crippen LogP contribution in [0.25, 0.3) is 0 Å². The number of sulfonamides is 1. The number of alkyl halides is 1. The normalized spacial score (nSPS) is 15.9. The van der Waals surface area contributed by atoms with E-state index in [2.05, 4.69) is 26.1 Å². The number of nitrogens with zero attached hydrogens (tertiary/aromatic N) is 4. The van der Waals surface area contributed by atoms with Gasteiger partial charge in [0.15, 0.2) is 0 Å². The molecular formula is C12H12BrClN4O2S. The van der Waals surface area contributed by atoms with E-state index in [1.807, 2.05) is 4.57 Å². The van der Waals surface area contributed by atoms with Gasteiger partial charge in [0, 0.05) is 23.4 Å². The van der Waals surface area contributed by atoms with Crippen molar-refractivity contribution >= 4 is 37.6 Å². The molecule has 0 aliphatic carbocycles. The molecule has 0 fully saturated rings. The molecule has 0 unspecified atom stereocenters. The highest BCUT2D eigenvalue weighted by molar-refractivity contribution is 9.10. The first kappa shape index (κ1) is 15.0.